The van der Waals surface area contributed by atoms with E-state index in [4.69, 9.17) is 16.7 Å². The molecule has 0 aliphatic rings. The number of anilines is 2. The van der Waals surface area contributed by atoms with Crippen molar-refractivity contribution in [2.24, 2.45) is 0 Å². The zero-order chi connectivity index (χ0) is 17.8. The van der Waals surface area contributed by atoms with Gasteiger partial charge in [-0.2, -0.15) is 9.97 Å². The Morgan fingerprint density at radius 2 is 1.92 bits per heavy atom. The van der Waals surface area contributed by atoms with Gasteiger partial charge >= 0.3 is 0 Å². The van der Waals surface area contributed by atoms with Crippen molar-refractivity contribution in [1.29, 1.82) is 0 Å². The number of aliphatic hydroxyl groups is 1. The Hall–Kier alpha value is -2.38. The minimum atomic E-state index is 0.0123. The van der Waals surface area contributed by atoms with Crippen LogP contribution >= 0.6 is 11.6 Å². The molecule has 7 nitrogen and oxygen atoms in total. The van der Waals surface area contributed by atoms with E-state index < -0.39 is 0 Å². The molecule has 0 saturated heterocycles. The summed E-state index contributed by atoms with van der Waals surface area (Å²) >= 11 is 5.93. The lowest BCUT2D eigenvalue weighted by Gasteiger charge is -2.12. The van der Waals surface area contributed by atoms with Crippen LogP contribution in [0.4, 0.5) is 11.8 Å². The molecule has 3 aromatic rings. The second-order valence-electron chi connectivity index (χ2n) is 5.94. The van der Waals surface area contributed by atoms with Crippen molar-refractivity contribution in [3.63, 3.8) is 0 Å². The third kappa shape index (κ3) is 4.00. The van der Waals surface area contributed by atoms with E-state index in [-0.39, 0.29) is 12.6 Å². The van der Waals surface area contributed by atoms with Gasteiger partial charge in [0.05, 0.1) is 12.9 Å². The molecule has 8 heteroatoms. The summed E-state index contributed by atoms with van der Waals surface area (Å²) in [5.74, 6) is 1.11. The van der Waals surface area contributed by atoms with Crippen LogP contribution in [0.15, 0.2) is 30.6 Å². The predicted octanol–water partition coefficient (Wildman–Crippen LogP) is 3.08. The Kier molecular flexibility index (Phi) is 5.35. The molecule has 2 aromatic heterocycles. The molecule has 0 fully saturated rings. The molecule has 2 heterocycles. The van der Waals surface area contributed by atoms with Gasteiger partial charge in [-0.15, -0.1) is 0 Å². The lowest BCUT2D eigenvalue weighted by atomic mass is 10.2. The van der Waals surface area contributed by atoms with Crippen LogP contribution in [0.2, 0.25) is 5.02 Å². The van der Waals surface area contributed by atoms with Crippen molar-refractivity contribution in [1.82, 2.24) is 19.5 Å². The van der Waals surface area contributed by atoms with Crippen molar-refractivity contribution >= 4 is 34.5 Å². The number of aliphatic hydroxyl groups excluding tert-OH is 1. The van der Waals surface area contributed by atoms with Gasteiger partial charge in [0.2, 0.25) is 5.95 Å². The summed E-state index contributed by atoms with van der Waals surface area (Å²) in [5.41, 5.74) is 2.56. The van der Waals surface area contributed by atoms with Crippen LogP contribution in [0, 0.1) is 0 Å². The number of hydrogen-bond acceptors (Lipinski definition) is 6. The highest BCUT2D eigenvalue weighted by Crippen LogP contribution is 2.24. The molecular formula is C17H21ClN6O. The first-order chi connectivity index (χ1) is 12.1. The summed E-state index contributed by atoms with van der Waals surface area (Å²) in [6.07, 6.45) is 1.77. The molecule has 0 aliphatic carbocycles. The molecule has 0 atom stereocenters. The monoisotopic (exact) mass is 360 g/mol. The van der Waals surface area contributed by atoms with Crippen molar-refractivity contribution in [2.45, 2.75) is 26.4 Å². The second-order valence-corrected chi connectivity index (χ2v) is 6.38. The van der Waals surface area contributed by atoms with E-state index in [1.165, 1.54) is 0 Å². The fraction of sp³-hybridized carbons (Fsp3) is 0.353. The first-order valence-electron chi connectivity index (χ1n) is 8.16. The third-order valence-corrected chi connectivity index (χ3v) is 4.00. The first-order valence-corrected chi connectivity index (χ1v) is 8.54. The Morgan fingerprint density at radius 1 is 1.16 bits per heavy atom. The summed E-state index contributed by atoms with van der Waals surface area (Å²) in [6, 6.07) is 7.87. The van der Waals surface area contributed by atoms with E-state index in [1.807, 2.05) is 28.8 Å². The molecule has 1 aromatic carbocycles. The zero-order valence-electron chi connectivity index (χ0n) is 14.2. The molecule has 0 saturated carbocycles. The molecule has 3 N–H and O–H groups in total. The zero-order valence-corrected chi connectivity index (χ0v) is 15.0. The Bertz CT molecular complexity index is 846. The molecule has 0 unspecified atom stereocenters. The highest BCUT2D eigenvalue weighted by molar-refractivity contribution is 6.30. The van der Waals surface area contributed by atoms with Gasteiger partial charge in [0.25, 0.3) is 0 Å². The molecule has 0 amide bonds. The highest BCUT2D eigenvalue weighted by Gasteiger charge is 2.14. The third-order valence-electron chi connectivity index (χ3n) is 3.75. The van der Waals surface area contributed by atoms with Crippen LogP contribution in [0.3, 0.4) is 0 Å². The van der Waals surface area contributed by atoms with Gasteiger partial charge in [-0.25, -0.2) is 4.98 Å². The normalized spacial score (nSPS) is 11.2. The van der Waals surface area contributed by atoms with E-state index in [0.29, 0.717) is 29.9 Å². The topological polar surface area (TPSA) is 87.9 Å². The molecule has 132 valence electrons. The minimum absolute atomic E-state index is 0.0123. The maximum atomic E-state index is 9.03. The maximum absolute atomic E-state index is 9.03. The number of aromatic nitrogens is 4. The largest absolute Gasteiger partial charge is 0.395 e. The predicted molar refractivity (Wildman–Crippen MR) is 100 cm³/mol. The highest BCUT2D eigenvalue weighted by atomic mass is 35.5. The van der Waals surface area contributed by atoms with E-state index >= 15 is 0 Å². The minimum Gasteiger partial charge on any atom is -0.395 e. The van der Waals surface area contributed by atoms with E-state index in [9.17, 15) is 0 Å². The number of rotatable bonds is 7. The van der Waals surface area contributed by atoms with Crippen molar-refractivity contribution in [3.05, 3.63) is 41.2 Å². The van der Waals surface area contributed by atoms with Crippen LogP contribution < -0.4 is 10.6 Å². The van der Waals surface area contributed by atoms with Gasteiger partial charge in [-0.05, 0) is 31.5 Å². The SMILES string of the molecule is CC(C)n1cnc2c(NCc3ccc(Cl)cc3)nc(NCCO)nc21. The van der Waals surface area contributed by atoms with E-state index in [0.717, 1.165) is 16.7 Å². The lowest BCUT2D eigenvalue weighted by Crippen LogP contribution is -2.12. The molecule has 0 aliphatic heterocycles. The summed E-state index contributed by atoms with van der Waals surface area (Å²) in [4.78, 5) is 13.5. The van der Waals surface area contributed by atoms with Crippen molar-refractivity contribution in [3.8, 4) is 0 Å². The number of imidazole rings is 1. The number of hydrogen-bond donors (Lipinski definition) is 3. The van der Waals surface area contributed by atoms with Crippen LogP contribution in [0.5, 0.6) is 0 Å². The van der Waals surface area contributed by atoms with Crippen LogP contribution in [0.25, 0.3) is 11.2 Å². The molecule has 25 heavy (non-hydrogen) atoms. The fourth-order valence-corrected chi connectivity index (χ4v) is 2.58. The molecule has 0 radical (unpaired) electrons. The molecule has 3 rings (SSSR count). The Morgan fingerprint density at radius 3 is 2.60 bits per heavy atom. The summed E-state index contributed by atoms with van der Waals surface area (Å²) in [6.45, 7) is 5.14. The summed E-state index contributed by atoms with van der Waals surface area (Å²) < 4.78 is 1.99. The maximum Gasteiger partial charge on any atom is 0.226 e. The molecular weight excluding hydrogens is 340 g/mol. The standard InChI is InChI=1S/C17H21ClN6O/c1-11(2)24-10-21-14-15(20-9-12-3-5-13(18)6-4-12)22-17(19-7-8-25)23-16(14)24/h3-6,10-11,25H,7-9H2,1-2H3,(H2,19,20,22,23). The number of nitrogens with zero attached hydrogens (tertiary/aromatic N) is 4. The second kappa shape index (κ2) is 7.67. The van der Waals surface area contributed by atoms with Gasteiger partial charge in [0.15, 0.2) is 17.0 Å². The average Bonchev–Trinajstić information content (AvgIpc) is 3.03. The number of benzene rings is 1. The summed E-state index contributed by atoms with van der Waals surface area (Å²) in [7, 11) is 0. The Labute approximate surface area is 151 Å². The number of halogens is 1. The number of nitrogens with one attached hydrogen (secondary N) is 2. The molecule has 0 bridgehead atoms. The molecule has 0 spiro atoms. The van der Waals surface area contributed by atoms with Crippen molar-refractivity contribution in [2.75, 3.05) is 23.8 Å². The lowest BCUT2D eigenvalue weighted by molar-refractivity contribution is 0.311. The summed E-state index contributed by atoms with van der Waals surface area (Å²) in [5, 5.41) is 16.1. The van der Waals surface area contributed by atoms with Gasteiger partial charge in [-0.1, -0.05) is 23.7 Å². The number of fused-ring (bicyclic) bond motifs is 1. The van der Waals surface area contributed by atoms with Gasteiger partial charge in [0, 0.05) is 24.2 Å². The van der Waals surface area contributed by atoms with Crippen LogP contribution in [-0.2, 0) is 6.54 Å². The first kappa shape index (κ1) is 17.4. The van der Waals surface area contributed by atoms with Gasteiger partial charge in [-0.3, -0.25) is 0 Å². The Balaban J connectivity index is 1.92. The average molecular weight is 361 g/mol. The van der Waals surface area contributed by atoms with E-state index in [1.54, 1.807) is 6.33 Å². The quantitative estimate of drug-likeness (QED) is 0.600. The van der Waals surface area contributed by atoms with Crippen LogP contribution in [0.1, 0.15) is 25.5 Å². The van der Waals surface area contributed by atoms with Gasteiger partial charge in [0.1, 0.15) is 0 Å². The van der Waals surface area contributed by atoms with Gasteiger partial charge < -0.3 is 20.3 Å². The fourth-order valence-electron chi connectivity index (χ4n) is 2.45. The van der Waals surface area contributed by atoms with Crippen molar-refractivity contribution < 1.29 is 5.11 Å². The van der Waals surface area contributed by atoms with Crippen LogP contribution in [-0.4, -0.2) is 37.8 Å². The van der Waals surface area contributed by atoms with E-state index in [2.05, 4.69) is 39.4 Å². The smallest absolute Gasteiger partial charge is 0.226 e.